The van der Waals surface area contributed by atoms with Gasteiger partial charge in [-0.05, 0) is 0 Å². The van der Waals surface area contributed by atoms with Crippen LogP contribution in [0.1, 0.15) is 5.69 Å². The van der Waals surface area contributed by atoms with E-state index in [1.165, 1.54) is 41.5 Å². The summed E-state index contributed by atoms with van der Waals surface area (Å²) in [5.74, 6) is -0.372. The van der Waals surface area contributed by atoms with Gasteiger partial charge >= 0.3 is 5.97 Å². The number of aromatic nitrogens is 3. The largest absolute Gasteiger partial charge is 0.469 e. The summed E-state index contributed by atoms with van der Waals surface area (Å²) in [6.45, 7) is 4.22. The van der Waals surface area contributed by atoms with Gasteiger partial charge in [0.25, 0.3) is 0 Å². The maximum atomic E-state index is 11.9. The van der Waals surface area contributed by atoms with Crippen molar-refractivity contribution in [1.82, 2.24) is 15.2 Å². The third-order valence-corrected chi connectivity index (χ3v) is 5.30. The van der Waals surface area contributed by atoms with Gasteiger partial charge in [-0.3, -0.25) is 9.59 Å². The fraction of sp³-hybridized carbons (Fsp3) is 0.308. The molecule has 0 aliphatic heterocycles. The van der Waals surface area contributed by atoms with E-state index in [9.17, 15) is 9.59 Å². The van der Waals surface area contributed by atoms with Gasteiger partial charge in [0.15, 0.2) is 9.47 Å². The number of carbonyl (C=O) groups excluding carboxylic acids is 2. The molecule has 0 bridgehead atoms. The van der Waals surface area contributed by atoms with Crippen molar-refractivity contribution in [3.05, 3.63) is 23.7 Å². The number of nitrogens with zero attached hydrogens (tertiary/aromatic N) is 3. The van der Waals surface area contributed by atoms with Crippen molar-refractivity contribution in [3.63, 3.8) is 0 Å². The van der Waals surface area contributed by atoms with E-state index in [1.54, 1.807) is 11.5 Å². The van der Waals surface area contributed by atoms with E-state index in [4.69, 9.17) is 0 Å². The number of amides is 1. The second kappa shape index (κ2) is 9.35. The highest BCUT2D eigenvalue weighted by atomic mass is 32.2. The van der Waals surface area contributed by atoms with E-state index >= 15 is 0 Å². The minimum absolute atomic E-state index is 0.0862. The van der Waals surface area contributed by atoms with Gasteiger partial charge in [-0.1, -0.05) is 29.2 Å². The van der Waals surface area contributed by atoms with Crippen molar-refractivity contribution < 1.29 is 14.3 Å². The number of thiazole rings is 1. The molecule has 2 aromatic heterocycles. The van der Waals surface area contributed by atoms with Crippen LogP contribution in [0.2, 0.25) is 0 Å². The molecule has 0 atom stereocenters. The van der Waals surface area contributed by atoms with Gasteiger partial charge in [0.1, 0.15) is 0 Å². The number of carbonyl (C=O) groups is 2. The van der Waals surface area contributed by atoms with E-state index in [0.717, 1.165) is 0 Å². The van der Waals surface area contributed by atoms with E-state index in [-0.39, 0.29) is 24.1 Å². The highest BCUT2D eigenvalue weighted by molar-refractivity contribution is 8.01. The summed E-state index contributed by atoms with van der Waals surface area (Å²) >= 11 is 3.93. The van der Waals surface area contributed by atoms with Crippen molar-refractivity contribution >= 4 is 56.6 Å². The van der Waals surface area contributed by atoms with Crippen LogP contribution in [0.4, 0.5) is 10.3 Å². The second-order valence-corrected chi connectivity index (χ2v) is 7.33. The first-order valence-electron chi connectivity index (χ1n) is 6.73. The number of methoxy groups -OCH3 is 1. The topological polar surface area (TPSA) is 106 Å². The lowest BCUT2D eigenvalue weighted by molar-refractivity contribution is -0.139. The van der Waals surface area contributed by atoms with E-state index in [0.29, 0.717) is 26.8 Å². The van der Waals surface area contributed by atoms with Crippen LogP contribution in [0.15, 0.2) is 22.4 Å². The zero-order chi connectivity index (χ0) is 17.4. The summed E-state index contributed by atoms with van der Waals surface area (Å²) in [7, 11) is 1.32. The molecule has 0 spiro atoms. The number of nitrogens with one attached hydrogen (secondary N) is 2. The zero-order valence-corrected chi connectivity index (χ0v) is 15.2. The Balaban J connectivity index is 1.77. The molecule has 0 saturated carbocycles. The average molecular weight is 385 g/mol. The van der Waals surface area contributed by atoms with Crippen LogP contribution >= 0.6 is 34.4 Å². The molecule has 8 nitrogen and oxygen atoms in total. The normalized spacial score (nSPS) is 10.2. The van der Waals surface area contributed by atoms with Crippen LogP contribution in [-0.2, 0) is 20.7 Å². The molecule has 0 unspecified atom stereocenters. The SMILES string of the molecule is C=CCNc1nnc(SCC(=O)Nc2nc(CC(=O)OC)cs2)s1. The van der Waals surface area contributed by atoms with Crippen molar-refractivity contribution in [1.29, 1.82) is 0 Å². The standard InChI is InChI=1S/C13H15N5O3S3/c1-3-4-14-11-17-18-13(24-11)23-7-9(19)16-12-15-8(6-22-12)5-10(20)21-2/h3,6H,1,4-5,7H2,2H3,(H,14,17)(H,15,16,19). The molecule has 2 aromatic rings. The van der Waals surface area contributed by atoms with E-state index < -0.39 is 0 Å². The Morgan fingerprint density at radius 3 is 3.00 bits per heavy atom. The number of hydrogen-bond acceptors (Lipinski definition) is 10. The first-order valence-corrected chi connectivity index (χ1v) is 9.41. The second-order valence-electron chi connectivity index (χ2n) is 4.28. The minimum Gasteiger partial charge on any atom is -0.469 e. The number of thioether (sulfide) groups is 1. The smallest absolute Gasteiger partial charge is 0.311 e. The first-order chi connectivity index (χ1) is 11.6. The zero-order valence-electron chi connectivity index (χ0n) is 12.8. The third-order valence-electron chi connectivity index (χ3n) is 2.48. The number of ether oxygens (including phenoxy) is 1. The molecule has 24 heavy (non-hydrogen) atoms. The van der Waals surface area contributed by atoms with E-state index in [2.05, 4.69) is 37.1 Å². The minimum atomic E-state index is -0.370. The molecule has 0 saturated heterocycles. The molecule has 0 aliphatic rings. The number of anilines is 2. The predicted molar refractivity (Wildman–Crippen MR) is 95.8 cm³/mol. The average Bonchev–Trinajstić information content (AvgIpc) is 3.20. The molecule has 1 amide bonds. The monoisotopic (exact) mass is 385 g/mol. The van der Waals surface area contributed by atoms with Crippen molar-refractivity contribution in [2.45, 2.75) is 10.8 Å². The molecule has 11 heteroatoms. The molecule has 0 fully saturated rings. The number of esters is 1. The van der Waals surface area contributed by atoms with Gasteiger partial charge < -0.3 is 15.4 Å². The Morgan fingerprint density at radius 1 is 1.42 bits per heavy atom. The van der Waals surface area contributed by atoms with Gasteiger partial charge in [-0.25, -0.2) is 4.98 Å². The summed E-state index contributed by atoms with van der Waals surface area (Å²) < 4.78 is 5.27. The van der Waals surface area contributed by atoms with Gasteiger partial charge in [0.05, 0.1) is 25.0 Å². The van der Waals surface area contributed by atoms with Gasteiger partial charge in [-0.2, -0.15) is 0 Å². The quantitative estimate of drug-likeness (QED) is 0.384. The maximum Gasteiger partial charge on any atom is 0.311 e. The van der Waals surface area contributed by atoms with Crippen molar-refractivity contribution in [2.24, 2.45) is 0 Å². The highest BCUT2D eigenvalue weighted by Crippen LogP contribution is 2.25. The van der Waals surface area contributed by atoms with Crippen LogP contribution < -0.4 is 10.6 Å². The van der Waals surface area contributed by atoms with Crippen molar-refractivity contribution in [2.75, 3.05) is 30.0 Å². The predicted octanol–water partition coefficient (Wildman–Crippen LogP) is 2.04. The van der Waals surface area contributed by atoms with Crippen LogP contribution in [0.25, 0.3) is 0 Å². The fourth-order valence-corrected chi connectivity index (χ4v) is 3.73. The molecule has 2 rings (SSSR count). The summed E-state index contributed by atoms with van der Waals surface area (Å²) in [5, 5.41) is 16.5. The molecule has 0 radical (unpaired) electrons. The first kappa shape index (κ1) is 18.4. The molecule has 128 valence electrons. The van der Waals surface area contributed by atoms with Crippen molar-refractivity contribution in [3.8, 4) is 0 Å². The summed E-state index contributed by atoms with van der Waals surface area (Å²) in [6.07, 6.45) is 1.81. The van der Waals surface area contributed by atoms with Crippen LogP contribution in [0.5, 0.6) is 0 Å². The molecule has 0 aromatic carbocycles. The Bertz CT molecular complexity index is 715. The lowest BCUT2D eigenvalue weighted by Gasteiger charge is -1.99. The van der Waals surface area contributed by atoms with Gasteiger partial charge in [0, 0.05) is 11.9 Å². The Kier molecular flexibility index (Phi) is 7.15. The maximum absolute atomic E-state index is 11.9. The lowest BCUT2D eigenvalue weighted by Crippen LogP contribution is -2.14. The molecule has 0 aliphatic carbocycles. The van der Waals surface area contributed by atoms with Crippen LogP contribution in [0.3, 0.4) is 0 Å². The Morgan fingerprint density at radius 2 is 2.25 bits per heavy atom. The summed E-state index contributed by atoms with van der Waals surface area (Å²) in [4.78, 5) is 27.3. The third kappa shape index (κ3) is 5.91. The van der Waals surface area contributed by atoms with Gasteiger partial charge in [-0.15, -0.1) is 28.1 Å². The van der Waals surface area contributed by atoms with Crippen LogP contribution in [-0.4, -0.2) is 46.5 Å². The Hall–Kier alpha value is -1.98. The fourth-order valence-electron chi connectivity index (χ4n) is 1.45. The lowest BCUT2D eigenvalue weighted by atomic mass is 10.3. The van der Waals surface area contributed by atoms with Gasteiger partial charge in [0.2, 0.25) is 11.0 Å². The molecule has 2 heterocycles. The molecular weight excluding hydrogens is 370 g/mol. The number of hydrogen-bond donors (Lipinski definition) is 2. The van der Waals surface area contributed by atoms with E-state index in [1.807, 2.05) is 0 Å². The summed E-state index contributed by atoms with van der Waals surface area (Å²) in [6, 6.07) is 0. The molecular formula is C13H15N5O3S3. The summed E-state index contributed by atoms with van der Waals surface area (Å²) in [5.41, 5.74) is 0.567. The number of rotatable bonds is 9. The molecule has 2 N–H and O–H groups in total. The van der Waals surface area contributed by atoms with Crippen LogP contribution in [0, 0.1) is 0 Å². The Labute approximate surface area is 150 Å². The highest BCUT2D eigenvalue weighted by Gasteiger charge is 2.11.